The van der Waals surface area contributed by atoms with Crippen molar-refractivity contribution in [1.82, 2.24) is 24.9 Å². The Labute approximate surface area is 200 Å². The summed E-state index contributed by atoms with van der Waals surface area (Å²) in [5.41, 5.74) is 0. The number of piperazine rings is 1. The molecule has 0 aliphatic carbocycles. The Hall–Kier alpha value is -0.820. The van der Waals surface area contributed by atoms with E-state index in [1.165, 1.54) is 4.90 Å². The van der Waals surface area contributed by atoms with E-state index in [2.05, 4.69) is 20.1 Å². The Morgan fingerprint density at radius 1 is 1.06 bits per heavy atom. The number of nitrogens with zero attached hydrogens (tertiary/aromatic N) is 5. The molecule has 1 N–H and O–H groups in total. The van der Waals surface area contributed by atoms with Crippen LogP contribution < -0.4 is 5.32 Å². The Balaban J connectivity index is 0.00000341. The van der Waals surface area contributed by atoms with Gasteiger partial charge in [0.2, 0.25) is 5.91 Å². The fraction of sp³-hybridized carbons (Fsp3) is 0.900. The lowest BCUT2D eigenvalue weighted by Crippen LogP contribution is -2.58. The van der Waals surface area contributed by atoms with Crippen molar-refractivity contribution in [1.29, 1.82) is 0 Å². The number of aliphatic imine (C=N–C) groups is 1. The molecule has 0 aromatic carbocycles. The minimum Gasteiger partial charge on any atom is -0.352 e. The van der Waals surface area contributed by atoms with Crippen molar-refractivity contribution < 1.29 is 18.0 Å². The van der Waals surface area contributed by atoms with Crippen LogP contribution in [-0.4, -0.2) is 115 Å². The van der Waals surface area contributed by atoms with Gasteiger partial charge in [0.05, 0.1) is 12.6 Å². The summed E-state index contributed by atoms with van der Waals surface area (Å²) in [6.07, 6.45) is -1.29. The van der Waals surface area contributed by atoms with Crippen LogP contribution in [0.1, 0.15) is 33.1 Å². The average Bonchev–Trinajstić information content (AvgIpc) is 3.38. The van der Waals surface area contributed by atoms with Gasteiger partial charge in [0.15, 0.2) is 5.96 Å². The van der Waals surface area contributed by atoms with E-state index < -0.39 is 12.7 Å². The monoisotopic (exact) mass is 560 g/mol. The Bertz CT molecular complexity index is 606. The van der Waals surface area contributed by atoms with Gasteiger partial charge < -0.3 is 15.1 Å². The van der Waals surface area contributed by atoms with Crippen LogP contribution in [0.5, 0.6) is 0 Å². The van der Waals surface area contributed by atoms with Crippen LogP contribution in [0.3, 0.4) is 0 Å². The van der Waals surface area contributed by atoms with Crippen molar-refractivity contribution >= 4 is 35.8 Å². The van der Waals surface area contributed by atoms with Gasteiger partial charge in [0, 0.05) is 64.9 Å². The molecule has 7 nitrogen and oxygen atoms in total. The Morgan fingerprint density at radius 3 is 2.29 bits per heavy atom. The average molecular weight is 560 g/mol. The number of amides is 1. The number of alkyl halides is 3. The number of carbonyl (C=O) groups excluding carboxylic acids is 1. The zero-order chi connectivity index (χ0) is 21.7. The van der Waals surface area contributed by atoms with E-state index in [-0.39, 0.29) is 42.0 Å². The van der Waals surface area contributed by atoms with Gasteiger partial charge >= 0.3 is 6.18 Å². The smallest absolute Gasteiger partial charge is 0.352 e. The van der Waals surface area contributed by atoms with E-state index >= 15 is 0 Å². The predicted molar refractivity (Wildman–Crippen MR) is 126 cm³/mol. The first-order chi connectivity index (χ1) is 14.3. The lowest BCUT2D eigenvalue weighted by molar-refractivity contribution is -0.143. The molecule has 11 heteroatoms. The van der Waals surface area contributed by atoms with Crippen LogP contribution in [0.15, 0.2) is 4.99 Å². The molecule has 3 rings (SSSR count). The first-order valence-corrected chi connectivity index (χ1v) is 11.1. The molecule has 0 spiro atoms. The largest absolute Gasteiger partial charge is 0.401 e. The van der Waals surface area contributed by atoms with E-state index in [1.807, 2.05) is 18.7 Å². The van der Waals surface area contributed by atoms with Gasteiger partial charge in [-0.3, -0.25) is 19.6 Å². The summed E-state index contributed by atoms with van der Waals surface area (Å²) in [5, 5.41) is 3.39. The zero-order valence-corrected chi connectivity index (χ0v) is 20.9. The molecule has 2 atom stereocenters. The first-order valence-electron chi connectivity index (χ1n) is 11.1. The molecule has 3 saturated heterocycles. The van der Waals surface area contributed by atoms with Gasteiger partial charge in [0.25, 0.3) is 0 Å². The minimum atomic E-state index is -4.16. The van der Waals surface area contributed by atoms with Crippen molar-refractivity contribution in [2.24, 2.45) is 4.99 Å². The van der Waals surface area contributed by atoms with Gasteiger partial charge in [-0.25, -0.2) is 0 Å². The third kappa shape index (κ3) is 7.62. The van der Waals surface area contributed by atoms with Crippen LogP contribution in [0.2, 0.25) is 0 Å². The van der Waals surface area contributed by atoms with Gasteiger partial charge in [-0.1, -0.05) is 0 Å². The molecular formula is C20H36F3IN6O. The van der Waals surface area contributed by atoms with Crippen LogP contribution in [0.4, 0.5) is 13.2 Å². The summed E-state index contributed by atoms with van der Waals surface area (Å²) in [4.78, 5) is 25.1. The lowest BCUT2D eigenvalue weighted by Gasteiger charge is -2.40. The van der Waals surface area contributed by atoms with E-state index in [0.717, 1.165) is 58.1 Å². The highest BCUT2D eigenvalue weighted by Gasteiger charge is 2.35. The van der Waals surface area contributed by atoms with E-state index in [4.69, 9.17) is 0 Å². The number of hydrogen-bond donors (Lipinski definition) is 1. The summed E-state index contributed by atoms with van der Waals surface area (Å²) in [6, 6.07) is -0.137. The molecule has 0 radical (unpaired) electrons. The number of rotatable bonds is 5. The van der Waals surface area contributed by atoms with Crippen LogP contribution >= 0.6 is 24.0 Å². The first kappa shape index (κ1) is 26.4. The van der Waals surface area contributed by atoms with Gasteiger partial charge in [-0.15, -0.1) is 24.0 Å². The standard InChI is InChI=1S/C20H35F3N6O.HI/c1-3-24-19(25-17-6-9-26(14-17)15-20(21,22)23)29-12-10-27(11-13-29)16(2)18(30)28-7-4-5-8-28;/h16-17H,3-15H2,1-2H3,(H,24,25);1H. The second-order valence-electron chi connectivity index (χ2n) is 8.51. The normalized spacial score (nSPS) is 24.9. The summed E-state index contributed by atoms with van der Waals surface area (Å²) < 4.78 is 37.9. The third-order valence-electron chi connectivity index (χ3n) is 6.25. The maximum absolute atomic E-state index is 12.7. The SMILES string of the molecule is CCN=C(NC1CCN(CC(F)(F)F)C1)N1CCN(C(C)C(=O)N2CCCC2)CC1.I. The molecular weight excluding hydrogens is 524 g/mol. The van der Waals surface area contributed by atoms with Gasteiger partial charge in [0.1, 0.15) is 0 Å². The number of carbonyl (C=O) groups is 1. The number of hydrogen-bond acceptors (Lipinski definition) is 4. The van der Waals surface area contributed by atoms with Gasteiger partial charge in [-0.2, -0.15) is 13.2 Å². The molecule has 1 amide bonds. The highest BCUT2D eigenvalue weighted by molar-refractivity contribution is 14.0. The molecule has 3 aliphatic heterocycles. The van der Waals surface area contributed by atoms with Crippen molar-refractivity contribution in [3.63, 3.8) is 0 Å². The summed E-state index contributed by atoms with van der Waals surface area (Å²) in [6.45, 7) is 9.32. The van der Waals surface area contributed by atoms with Gasteiger partial charge in [-0.05, 0) is 33.1 Å². The summed E-state index contributed by atoms with van der Waals surface area (Å²) in [5.74, 6) is 0.992. The van der Waals surface area contributed by atoms with E-state index in [0.29, 0.717) is 26.1 Å². The maximum atomic E-state index is 12.7. The molecule has 3 fully saturated rings. The van der Waals surface area contributed by atoms with Crippen LogP contribution in [-0.2, 0) is 4.79 Å². The molecule has 0 aromatic rings. The fourth-order valence-electron chi connectivity index (χ4n) is 4.60. The molecule has 180 valence electrons. The molecule has 3 aliphatic rings. The van der Waals surface area contributed by atoms with Crippen LogP contribution in [0.25, 0.3) is 0 Å². The van der Waals surface area contributed by atoms with Crippen LogP contribution in [0, 0.1) is 0 Å². The van der Waals surface area contributed by atoms with Crippen molar-refractivity contribution in [3.05, 3.63) is 0 Å². The number of likely N-dealkylation sites (tertiary alicyclic amines) is 2. The Kier molecular flexibility index (Phi) is 10.1. The van der Waals surface area contributed by atoms with Crippen molar-refractivity contribution in [3.8, 4) is 0 Å². The highest BCUT2D eigenvalue weighted by Crippen LogP contribution is 2.20. The van der Waals surface area contributed by atoms with E-state index in [1.54, 1.807) is 0 Å². The lowest BCUT2D eigenvalue weighted by atomic mass is 10.2. The molecule has 3 heterocycles. The molecule has 2 unspecified atom stereocenters. The third-order valence-corrected chi connectivity index (χ3v) is 6.25. The van der Waals surface area contributed by atoms with E-state index in [9.17, 15) is 18.0 Å². The fourth-order valence-corrected chi connectivity index (χ4v) is 4.60. The summed E-state index contributed by atoms with van der Waals surface area (Å²) in [7, 11) is 0. The molecule has 0 bridgehead atoms. The second-order valence-corrected chi connectivity index (χ2v) is 8.51. The zero-order valence-electron chi connectivity index (χ0n) is 18.5. The highest BCUT2D eigenvalue weighted by atomic mass is 127. The predicted octanol–water partition coefficient (Wildman–Crippen LogP) is 1.83. The maximum Gasteiger partial charge on any atom is 0.401 e. The van der Waals surface area contributed by atoms with Crippen molar-refractivity contribution in [2.45, 2.75) is 51.4 Å². The molecule has 31 heavy (non-hydrogen) atoms. The minimum absolute atomic E-state index is 0. The quantitative estimate of drug-likeness (QED) is 0.316. The summed E-state index contributed by atoms with van der Waals surface area (Å²) >= 11 is 0. The topological polar surface area (TPSA) is 54.4 Å². The Morgan fingerprint density at radius 2 is 1.71 bits per heavy atom. The van der Waals surface area contributed by atoms with Crippen molar-refractivity contribution in [2.75, 3.05) is 65.4 Å². The molecule has 0 saturated carbocycles. The number of guanidine groups is 1. The number of nitrogens with one attached hydrogen (secondary N) is 1. The number of halogens is 4. The second kappa shape index (κ2) is 11.9. The molecule has 0 aromatic heterocycles.